The van der Waals surface area contributed by atoms with Gasteiger partial charge in [0.2, 0.25) is 5.91 Å². The number of benzene rings is 2. The molecule has 0 saturated carbocycles. The van der Waals surface area contributed by atoms with Crippen molar-refractivity contribution in [1.29, 1.82) is 0 Å². The van der Waals surface area contributed by atoms with Crippen LogP contribution in [0.25, 0.3) is 0 Å². The summed E-state index contributed by atoms with van der Waals surface area (Å²) in [4.78, 5) is 27.5. The van der Waals surface area contributed by atoms with E-state index in [9.17, 15) is 9.59 Å². The lowest BCUT2D eigenvalue weighted by Crippen LogP contribution is -2.40. The second-order valence-corrected chi connectivity index (χ2v) is 9.62. The van der Waals surface area contributed by atoms with E-state index in [2.05, 4.69) is 20.9 Å². The third-order valence-corrected chi connectivity index (χ3v) is 7.05. The van der Waals surface area contributed by atoms with Crippen molar-refractivity contribution in [2.75, 3.05) is 55.8 Å². The van der Waals surface area contributed by atoms with Gasteiger partial charge < -0.3 is 20.7 Å². The number of hydrogen-bond acceptors (Lipinski definition) is 6. The first kappa shape index (κ1) is 23.9. The van der Waals surface area contributed by atoms with Crippen molar-refractivity contribution in [3.05, 3.63) is 58.6 Å². The van der Waals surface area contributed by atoms with Gasteiger partial charge in [0.05, 0.1) is 24.6 Å². The second kappa shape index (κ2) is 11.7. The summed E-state index contributed by atoms with van der Waals surface area (Å²) in [5.41, 5.74) is 3.18. The number of rotatable bonds is 9. The monoisotopic (exact) mass is 488 g/mol. The normalized spacial score (nSPS) is 18.2. The standard InChI is InChI=1S/C24H29ClN4O3S/c25-19-5-2-17(3-6-19)15-33-16-22-24(31)28-21-14-18(4-7-20(21)27-22)23(30)26-8-1-9-29-10-12-32-13-11-29/h2-7,14,22,27H,1,8-13,15-16H2,(H,26,30)(H,28,31). The quantitative estimate of drug-likeness (QED) is 0.469. The molecule has 2 amide bonds. The molecule has 1 fully saturated rings. The van der Waals surface area contributed by atoms with E-state index in [1.165, 1.54) is 5.56 Å². The van der Waals surface area contributed by atoms with Gasteiger partial charge in [-0.25, -0.2) is 0 Å². The Hall–Kier alpha value is -2.26. The van der Waals surface area contributed by atoms with Gasteiger partial charge in [0.25, 0.3) is 5.91 Å². The smallest absolute Gasteiger partial charge is 0.251 e. The predicted octanol–water partition coefficient (Wildman–Crippen LogP) is 3.46. The van der Waals surface area contributed by atoms with Gasteiger partial charge in [-0.2, -0.15) is 11.8 Å². The maximum absolute atomic E-state index is 12.6. The molecule has 3 N–H and O–H groups in total. The highest BCUT2D eigenvalue weighted by Gasteiger charge is 2.26. The molecule has 2 aliphatic heterocycles. The number of morpholine rings is 1. The van der Waals surface area contributed by atoms with Crippen LogP contribution in [0.3, 0.4) is 0 Å². The summed E-state index contributed by atoms with van der Waals surface area (Å²) in [7, 11) is 0. The number of halogens is 1. The van der Waals surface area contributed by atoms with E-state index in [4.69, 9.17) is 16.3 Å². The molecule has 176 valence electrons. The van der Waals surface area contributed by atoms with Gasteiger partial charge in [-0.3, -0.25) is 14.5 Å². The zero-order valence-electron chi connectivity index (χ0n) is 18.4. The molecule has 1 saturated heterocycles. The van der Waals surface area contributed by atoms with E-state index < -0.39 is 0 Å². The van der Waals surface area contributed by atoms with E-state index in [-0.39, 0.29) is 17.9 Å². The molecule has 2 heterocycles. The fourth-order valence-corrected chi connectivity index (χ4v) is 4.95. The molecule has 0 bridgehead atoms. The summed E-state index contributed by atoms with van der Waals surface area (Å²) < 4.78 is 5.35. The van der Waals surface area contributed by atoms with E-state index in [1.807, 2.05) is 30.3 Å². The fraction of sp³-hybridized carbons (Fsp3) is 0.417. The van der Waals surface area contributed by atoms with Crippen molar-refractivity contribution < 1.29 is 14.3 Å². The molecule has 2 aliphatic rings. The van der Waals surface area contributed by atoms with Crippen LogP contribution >= 0.6 is 23.4 Å². The summed E-state index contributed by atoms with van der Waals surface area (Å²) in [6.07, 6.45) is 0.893. The zero-order valence-corrected chi connectivity index (χ0v) is 20.0. The van der Waals surface area contributed by atoms with Crippen LogP contribution in [-0.4, -0.2) is 67.9 Å². The topological polar surface area (TPSA) is 82.7 Å². The number of nitrogens with zero attached hydrogens (tertiary/aromatic N) is 1. The minimum atomic E-state index is -0.324. The molecular formula is C24H29ClN4O3S. The minimum Gasteiger partial charge on any atom is -0.379 e. The molecule has 0 aromatic heterocycles. The summed E-state index contributed by atoms with van der Waals surface area (Å²) in [5, 5.41) is 9.92. The Labute approximate surface area is 203 Å². The van der Waals surface area contributed by atoms with Crippen molar-refractivity contribution in [2.24, 2.45) is 0 Å². The first-order chi connectivity index (χ1) is 16.1. The maximum Gasteiger partial charge on any atom is 0.251 e. The summed E-state index contributed by atoms with van der Waals surface area (Å²) in [6, 6.07) is 12.8. The first-order valence-electron chi connectivity index (χ1n) is 11.2. The van der Waals surface area contributed by atoms with Crippen LogP contribution in [0.2, 0.25) is 5.02 Å². The lowest BCUT2D eigenvalue weighted by molar-refractivity contribution is -0.116. The average molecular weight is 489 g/mol. The van der Waals surface area contributed by atoms with Gasteiger partial charge in [0.1, 0.15) is 6.04 Å². The number of anilines is 2. The van der Waals surface area contributed by atoms with Gasteiger partial charge in [0, 0.05) is 41.7 Å². The highest BCUT2D eigenvalue weighted by molar-refractivity contribution is 7.98. The molecule has 2 aromatic carbocycles. The number of nitrogens with one attached hydrogen (secondary N) is 3. The van der Waals surface area contributed by atoms with Crippen molar-refractivity contribution in [3.63, 3.8) is 0 Å². The number of carbonyl (C=O) groups excluding carboxylic acids is 2. The van der Waals surface area contributed by atoms with Gasteiger partial charge in [-0.1, -0.05) is 23.7 Å². The third-order valence-electron chi connectivity index (χ3n) is 5.69. The van der Waals surface area contributed by atoms with Crippen LogP contribution in [0.15, 0.2) is 42.5 Å². The first-order valence-corrected chi connectivity index (χ1v) is 12.7. The van der Waals surface area contributed by atoms with Gasteiger partial charge in [-0.15, -0.1) is 0 Å². The van der Waals surface area contributed by atoms with Crippen LogP contribution in [0.1, 0.15) is 22.3 Å². The Kier molecular flexibility index (Phi) is 8.50. The van der Waals surface area contributed by atoms with Gasteiger partial charge in [-0.05, 0) is 48.9 Å². The maximum atomic E-state index is 12.6. The number of ether oxygens (including phenoxy) is 1. The van der Waals surface area contributed by atoms with Crippen LogP contribution in [0.5, 0.6) is 0 Å². The van der Waals surface area contributed by atoms with Crippen LogP contribution in [-0.2, 0) is 15.3 Å². The summed E-state index contributed by atoms with van der Waals surface area (Å²) >= 11 is 7.61. The highest BCUT2D eigenvalue weighted by atomic mass is 35.5. The van der Waals surface area contributed by atoms with Crippen LogP contribution in [0, 0.1) is 0 Å². The molecule has 1 atom stereocenters. The van der Waals surface area contributed by atoms with Crippen molar-refractivity contribution in [3.8, 4) is 0 Å². The molecule has 33 heavy (non-hydrogen) atoms. The zero-order chi connectivity index (χ0) is 23.0. The molecular weight excluding hydrogens is 460 g/mol. The molecule has 0 aliphatic carbocycles. The van der Waals surface area contributed by atoms with Crippen molar-refractivity contribution in [2.45, 2.75) is 18.2 Å². The molecule has 2 aromatic rings. The highest BCUT2D eigenvalue weighted by Crippen LogP contribution is 2.29. The second-order valence-electron chi connectivity index (χ2n) is 8.15. The summed E-state index contributed by atoms with van der Waals surface area (Å²) in [5.74, 6) is 1.23. The lowest BCUT2D eigenvalue weighted by atomic mass is 10.1. The van der Waals surface area contributed by atoms with Crippen molar-refractivity contribution in [1.82, 2.24) is 10.2 Å². The van der Waals surface area contributed by atoms with E-state index >= 15 is 0 Å². The molecule has 4 rings (SSSR count). The van der Waals surface area contributed by atoms with Gasteiger partial charge in [0.15, 0.2) is 0 Å². The lowest BCUT2D eigenvalue weighted by Gasteiger charge is -2.27. The average Bonchev–Trinajstić information content (AvgIpc) is 2.83. The molecule has 0 spiro atoms. The minimum absolute atomic E-state index is 0.0887. The van der Waals surface area contributed by atoms with E-state index in [1.54, 1.807) is 23.9 Å². The molecule has 0 radical (unpaired) electrons. The summed E-state index contributed by atoms with van der Waals surface area (Å²) in [6.45, 7) is 5.03. The molecule has 1 unspecified atom stereocenters. The number of amides is 2. The Morgan fingerprint density at radius 1 is 1.15 bits per heavy atom. The van der Waals surface area contributed by atoms with E-state index in [0.29, 0.717) is 23.5 Å². The SMILES string of the molecule is O=C(NCCCN1CCOCC1)c1ccc2c(c1)NC(=O)C(CSCc1ccc(Cl)cc1)N2. The number of fused-ring (bicyclic) bond motifs is 1. The molecule has 9 heteroatoms. The third kappa shape index (κ3) is 6.86. The Morgan fingerprint density at radius 2 is 1.94 bits per heavy atom. The number of hydrogen-bond donors (Lipinski definition) is 3. The van der Waals surface area contributed by atoms with Crippen LogP contribution < -0.4 is 16.0 Å². The Balaban J connectivity index is 1.23. The van der Waals surface area contributed by atoms with Crippen LogP contribution in [0.4, 0.5) is 11.4 Å². The van der Waals surface area contributed by atoms with Gasteiger partial charge >= 0.3 is 0 Å². The fourth-order valence-electron chi connectivity index (χ4n) is 3.81. The molecule has 7 nitrogen and oxygen atoms in total. The van der Waals surface area contributed by atoms with E-state index in [0.717, 1.165) is 55.7 Å². The number of thioether (sulfide) groups is 1. The predicted molar refractivity (Wildman–Crippen MR) is 134 cm³/mol. The Morgan fingerprint density at radius 3 is 2.73 bits per heavy atom. The largest absolute Gasteiger partial charge is 0.379 e. The van der Waals surface area contributed by atoms with Crippen molar-refractivity contribution >= 4 is 46.6 Å². The number of carbonyl (C=O) groups is 2. The Bertz CT molecular complexity index is 967.